The van der Waals surface area contributed by atoms with Crippen LogP contribution in [0.15, 0.2) is 36.4 Å². The van der Waals surface area contributed by atoms with Gasteiger partial charge < -0.3 is 5.32 Å². The fraction of sp³-hybridized carbons (Fsp3) is 0.375. The van der Waals surface area contributed by atoms with Crippen molar-refractivity contribution in [3.63, 3.8) is 0 Å². The number of halogens is 3. The van der Waals surface area contributed by atoms with Crippen LogP contribution in [0, 0.1) is 0 Å². The third kappa shape index (κ3) is 3.86. The van der Waals surface area contributed by atoms with Gasteiger partial charge in [-0.15, -0.1) is 11.3 Å². The van der Waals surface area contributed by atoms with Crippen molar-refractivity contribution in [1.29, 1.82) is 0 Å². The van der Waals surface area contributed by atoms with Crippen LogP contribution in [0.2, 0.25) is 0 Å². The molecule has 1 unspecified atom stereocenters. The van der Waals surface area contributed by atoms with Crippen molar-refractivity contribution >= 4 is 11.3 Å². The monoisotopic (exact) mass is 313 g/mol. The number of hydrogen-bond donors (Lipinski definition) is 1. The minimum Gasteiger partial charge on any atom is -0.310 e. The summed E-state index contributed by atoms with van der Waals surface area (Å²) in [7, 11) is 0. The molecule has 2 aromatic rings. The molecular weight excluding hydrogens is 295 g/mol. The van der Waals surface area contributed by atoms with Gasteiger partial charge >= 0.3 is 6.18 Å². The molecule has 0 aliphatic heterocycles. The van der Waals surface area contributed by atoms with Gasteiger partial charge in [0.2, 0.25) is 0 Å². The lowest BCUT2D eigenvalue weighted by atomic mass is 10.1. The van der Waals surface area contributed by atoms with Crippen LogP contribution >= 0.6 is 11.3 Å². The largest absolute Gasteiger partial charge is 0.416 e. The summed E-state index contributed by atoms with van der Waals surface area (Å²) in [6, 6.07) is 9.67. The van der Waals surface area contributed by atoms with Gasteiger partial charge in [0, 0.05) is 15.8 Å². The predicted octanol–water partition coefficient (Wildman–Crippen LogP) is 5.49. The van der Waals surface area contributed by atoms with E-state index in [0.717, 1.165) is 35.5 Å². The van der Waals surface area contributed by atoms with Crippen molar-refractivity contribution in [2.75, 3.05) is 6.54 Å². The van der Waals surface area contributed by atoms with E-state index in [-0.39, 0.29) is 0 Å². The Morgan fingerprint density at radius 3 is 2.24 bits per heavy atom. The minimum absolute atomic E-state index is 0.309. The Hall–Kier alpha value is -1.33. The quantitative estimate of drug-likeness (QED) is 0.769. The summed E-state index contributed by atoms with van der Waals surface area (Å²) < 4.78 is 37.7. The first-order valence-electron chi connectivity index (χ1n) is 6.96. The normalized spacial score (nSPS) is 13.4. The van der Waals surface area contributed by atoms with Crippen molar-refractivity contribution in [3.8, 4) is 10.4 Å². The summed E-state index contributed by atoms with van der Waals surface area (Å²) in [6.45, 7) is 5.07. The van der Waals surface area contributed by atoms with Crippen LogP contribution in [-0.2, 0) is 6.18 Å². The molecule has 0 spiro atoms. The van der Waals surface area contributed by atoms with Crippen LogP contribution in [0.3, 0.4) is 0 Å². The molecule has 1 heterocycles. The molecule has 1 atom stereocenters. The highest BCUT2D eigenvalue weighted by Crippen LogP contribution is 2.35. The topological polar surface area (TPSA) is 12.0 Å². The molecular formula is C16H18F3NS. The molecule has 0 fully saturated rings. The summed E-state index contributed by atoms with van der Waals surface area (Å²) in [5, 5.41) is 3.40. The zero-order chi connectivity index (χ0) is 15.5. The van der Waals surface area contributed by atoms with Crippen molar-refractivity contribution < 1.29 is 13.2 Å². The van der Waals surface area contributed by atoms with Gasteiger partial charge in [0.1, 0.15) is 0 Å². The average molecular weight is 313 g/mol. The van der Waals surface area contributed by atoms with E-state index in [1.54, 1.807) is 11.3 Å². The van der Waals surface area contributed by atoms with Gasteiger partial charge in [0.05, 0.1) is 5.56 Å². The molecule has 2 rings (SSSR count). The summed E-state index contributed by atoms with van der Waals surface area (Å²) >= 11 is 1.63. The van der Waals surface area contributed by atoms with Crippen LogP contribution < -0.4 is 5.32 Å². The second-order valence-corrected chi connectivity index (χ2v) is 5.91. The Bertz CT molecular complexity index is 572. The molecule has 1 aromatic carbocycles. The van der Waals surface area contributed by atoms with E-state index in [4.69, 9.17) is 0 Å². The highest BCUT2D eigenvalue weighted by Gasteiger charge is 2.30. The standard InChI is InChI=1S/C16H18F3NS/c1-3-13(20-4-2)15-10-9-14(21-15)11-5-7-12(8-6-11)16(17,18)19/h5-10,13,20H,3-4H2,1-2H3. The molecule has 5 heteroatoms. The molecule has 0 bridgehead atoms. The van der Waals surface area contributed by atoms with Crippen molar-refractivity contribution in [1.82, 2.24) is 5.32 Å². The Morgan fingerprint density at radius 1 is 1.05 bits per heavy atom. The van der Waals surface area contributed by atoms with E-state index in [9.17, 15) is 13.2 Å². The van der Waals surface area contributed by atoms with Crippen molar-refractivity contribution in [2.24, 2.45) is 0 Å². The summed E-state index contributed by atoms with van der Waals surface area (Å²) in [5.74, 6) is 0. The Balaban J connectivity index is 2.21. The molecule has 21 heavy (non-hydrogen) atoms. The first kappa shape index (κ1) is 16.0. The molecule has 0 saturated heterocycles. The molecule has 0 amide bonds. The average Bonchev–Trinajstić information content (AvgIpc) is 2.93. The molecule has 0 saturated carbocycles. The number of thiophene rings is 1. The maximum Gasteiger partial charge on any atom is 0.416 e. The third-order valence-corrected chi connectivity index (χ3v) is 4.57. The predicted molar refractivity (Wildman–Crippen MR) is 81.5 cm³/mol. The highest BCUT2D eigenvalue weighted by atomic mass is 32.1. The van der Waals surface area contributed by atoms with E-state index in [1.807, 2.05) is 6.07 Å². The van der Waals surface area contributed by atoms with Gasteiger partial charge in [0.25, 0.3) is 0 Å². The lowest BCUT2D eigenvalue weighted by Crippen LogP contribution is -2.18. The molecule has 0 radical (unpaired) electrons. The number of hydrogen-bond acceptors (Lipinski definition) is 2. The molecule has 114 valence electrons. The van der Waals surface area contributed by atoms with E-state index >= 15 is 0 Å². The smallest absolute Gasteiger partial charge is 0.310 e. The van der Waals surface area contributed by atoms with Gasteiger partial charge in [0.15, 0.2) is 0 Å². The van der Waals surface area contributed by atoms with Crippen LogP contribution in [0.25, 0.3) is 10.4 Å². The SMILES string of the molecule is CCNC(CC)c1ccc(-c2ccc(C(F)(F)F)cc2)s1. The van der Waals surface area contributed by atoms with Crippen LogP contribution in [0.5, 0.6) is 0 Å². The summed E-state index contributed by atoms with van der Waals surface area (Å²) in [4.78, 5) is 2.21. The maximum atomic E-state index is 12.6. The van der Waals surface area contributed by atoms with Crippen molar-refractivity contribution in [2.45, 2.75) is 32.5 Å². The van der Waals surface area contributed by atoms with Crippen LogP contribution in [-0.4, -0.2) is 6.54 Å². The number of benzene rings is 1. The second kappa shape index (κ2) is 6.62. The third-order valence-electron chi connectivity index (χ3n) is 3.33. The molecule has 1 N–H and O–H groups in total. The van der Waals surface area contributed by atoms with Gasteiger partial charge in [-0.1, -0.05) is 26.0 Å². The summed E-state index contributed by atoms with van der Waals surface area (Å²) in [6.07, 6.45) is -3.29. The van der Waals surface area contributed by atoms with E-state index in [0.29, 0.717) is 6.04 Å². The Kier molecular flexibility index (Phi) is 5.06. The highest BCUT2D eigenvalue weighted by molar-refractivity contribution is 7.15. The van der Waals surface area contributed by atoms with Crippen LogP contribution in [0.1, 0.15) is 36.8 Å². The van der Waals surface area contributed by atoms with Gasteiger partial charge in [-0.05, 0) is 42.8 Å². The zero-order valence-electron chi connectivity index (χ0n) is 12.0. The molecule has 0 aliphatic carbocycles. The summed E-state index contributed by atoms with van der Waals surface area (Å²) in [5.41, 5.74) is 0.215. The first-order chi connectivity index (χ1) is 9.95. The second-order valence-electron chi connectivity index (χ2n) is 4.80. The Labute approximate surface area is 126 Å². The molecule has 1 nitrogen and oxygen atoms in total. The van der Waals surface area contributed by atoms with Gasteiger partial charge in [-0.2, -0.15) is 13.2 Å². The number of nitrogens with one attached hydrogen (secondary N) is 1. The van der Waals surface area contributed by atoms with Gasteiger partial charge in [-0.3, -0.25) is 0 Å². The van der Waals surface area contributed by atoms with E-state index < -0.39 is 11.7 Å². The van der Waals surface area contributed by atoms with Crippen LogP contribution in [0.4, 0.5) is 13.2 Å². The fourth-order valence-electron chi connectivity index (χ4n) is 2.21. The number of alkyl halides is 3. The molecule has 1 aromatic heterocycles. The lowest BCUT2D eigenvalue weighted by molar-refractivity contribution is -0.137. The molecule has 0 aliphatic rings. The minimum atomic E-state index is -4.28. The zero-order valence-corrected chi connectivity index (χ0v) is 12.8. The number of rotatable bonds is 5. The maximum absolute atomic E-state index is 12.6. The van der Waals surface area contributed by atoms with E-state index in [1.165, 1.54) is 17.0 Å². The van der Waals surface area contributed by atoms with Crippen molar-refractivity contribution in [3.05, 3.63) is 46.8 Å². The van der Waals surface area contributed by atoms with Gasteiger partial charge in [-0.25, -0.2) is 0 Å². The first-order valence-corrected chi connectivity index (χ1v) is 7.78. The van der Waals surface area contributed by atoms with E-state index in [2.05, 4.69) is 25.2 Å². The Morgan fingerprint density at radius 2 is 1.71 bits per heavy atom. The fourth-order valence-corrected chi connectivity index (χ4v) is 3.38. The lowest BCUT2D eigenvalue weighted by Gasteiger charge is -2.13.